The van der Waals surface area contributed by atoms with Crippen LogP contribution in [-0.2, 0) is 15.9 Å². The lowest BCUT2D eigenvalue weighted by molar-refractivity contribution is 0.249. The van der Waals surface area contributed by atoms with Gasteiger partial charge in [-0.15, -0.1) is 11.6 Å². The number of nitrogens with zero attached hydrogens (tertiary/aromatic N) is 2. The van der Waals surface area contributed by atoms with Crippen LogP contribution in [0.4, 0.5) is 0 Å². The van der Waals surface area contributed by atoms with Crippen molar-refractivity contribution < 1.29 is 8.42 Å². The van der Waals surface area contributed by atoms with Gasteiger partial charge in [-0.2, -0.15) is 4.31 Å². The van der Waals surface area contributed by atoms with Gasteiger partial charge in [0, 0.05) is 25.2 Å². The van der Waals surface area contributed by atoms with Crippen molar-refractivity contribution in [2.24, 2.45) is 0 Å². The fourth-order valence-electron chi connectivity index (χ4n) is 1.74. The Kier molecular flexibility index (Phi) is 3.70. The molecule has 4 nitrogen and oxygen atoms in total. The first-order valence-electron chi connectivity index (χ1n) is 5.54. The minimum absolute atomic E-state index is 0.0979. The zero-order chi connectivity index (χ0) is 12.5. The summed E-state index contributed by atoms with van der Waals surface area (Å²) in [5.41, 5.74) is 0.817. The predicted molar refractivity (Wildman–Crippen MR) is 66.4 cm³/mol. The summed E-state index contributed by atoms with van der Waals surface area (Å²) < 4.78 is 25.8. The molecular formula is C11H15ClN2O2S. The Balaban J connectivity index is 2.23. The molecule has 1 saturated carbocycles. The highest BCUT2D eigenvalue weighted by molar-refractivity contribution is 7.89. The van der Waals surface area contributed by atoms with Gasteiger partial charge in [0.15, 0.2) is 5.03 Å². The standard InChI is InChI=1S/C11H15ClN2O2S/c1-14(10-3-2-4-10)17(15,16)11-6-5-9(7-12)8-13-11/h5-6,8,10H,2-4,7H2,1H3. The molecule has 0 radical (unpaired) electrons. The molecule has 1 heterocycles. The molecule has 2 rings (SSSR count). The maximum atomic E-state index is 12.2. The lowest BCUT2D eigenvalue weighted by Gasteiger charge is -2.33. The van der Waals surface area contributed by atoms with Gasteiger partial charge in [-0.3, -0.25) is 0 Å². The average Bonchev–Trinajstić information content (AvgIpc) is 2.27. The third-order valence-corrected chi connectivity index (χ3v) is 5.32. The van der Waals surface area contributed by atoms with E-state index >= 15 is 0 Å². The zero-order valence-electron chi connectivity index (χ0n) is 9.63. The van der Waals surface area contributed by atoms with Crippen molar-refractivity contribution in [2.75, 3.05) is 7.05 Å². The third kappa shape index (κ3) is 2.46. The summed E-state index contributed by atoms with van der Waals surface area (Å²) in [6.45, 7) is 0. The van der Waals surface area contributed by atoms with Crippen molar-refractivity contribution >= 4 is 21.6 Å². The molecule has 0 atom stereocenters. The van der Waals surface area contributed by atoms with Crippen LogP contribution in [0.15, 0.2) is 23.4 Å². The number of pyridine rings is 1. The number of rotatable bonds is 4. The smallest absolute Gasteiger partial charge is 0.243 e. The molecule has 0 amide bonds. The van der Waals surface area contributed by atoms with Gasteiger partial charge >= 0.3 is 0 Å². The third-order valence-electron chi connectivity index (χ3n) is 3.18. The van der Waals surface area contributed by atoms with E-state index in [1.807, 2.05) is 0 Å². The highest BCUT2D eigenvalue weighted by Gasteiger charge is 2.32. The molecule has 0 N–H and O–H groups in total. The van der Waals surface area contributed by atoms with Crippen molar-refractivity contribution in [2.45, 2.75) is 36.2 Å². The van der Waals surface area contributed by atoms with E-state index in [0.29, 0.717) is 5.88 Å². The number of aromatic nitrogens is 1. The Bertz CT molecular complexity index is 483. The van der Waals surface area contributed by atoms with Gasteiger partial charge in [-0.25, -0.2) is 13.4 Å². The molecule has 0 aromatic carbocycles. The van der Waals surface area contributed by atoms with Gasteiger partial charge in [0.05, 0.1) is 0 Å². The van der Waals surface area contributed by atoms with Crippen LogP contribution >= 0.6 is 11.6 Å². The van der Waals surface area contributed by atoms with Gasteiger partial charge in [0.2, 0.25) is 0 Å². The quantitative estimate of drug-likeness (QED) is 0.789. The van der Waals surface area contributed by atoms with Crippen LogP contribution in [0.1, 0.15) is 24.8 Å². The Hall–Kier alpha value is -0.650. The van der Waals surface area contributed by atoms with Gasteiger partial charge in [-0.05, 0) is 24.5 Å². The summed E-state index contributed by atoms with van der Waals surface area (Å²) in [4.78, 5) is 3.97. The molecule has 1 aromatic rings. The molecule has 1 aromatic heterocycles. The van der Waals surface area contributed by atoms with Crippen LogP contribution in [0.5, 0.6) is 0 Å². The maximum absolute atomic E-state index is 12.2. The van der Waals surface area contributed by atoms with Crippen LogP contribution in [0.3, 0.4) is 0 Å². The van der Waals surface area contributed by atoms with Crippen LogP contribution in [0, 0.1) is 0 Å². The molecule has 0 spiro atoms. The molecule has 1 aliphatic carbocycles. The molecule has 1 fully saturated rings. The minimum Gasteiger partial charge on any atom is -0.243 e. The largest absolute Gasteiger partial charge is 0.260 e. The number of alkyl halides is 1. The zero-order valence-corrected chi connectivity index (χ0v) is 11.2. The lowest BCUT2D eigenvalue weighted by Crippen LogP contribution is -2.41. The molecule has 17 heavy (non-hydrogen) atoms. The Labute approximate surface area is 107 Å². The Morgan fingerprint density at radius 2 is 2.18 bits per heavy atom. The van der Waals surface area contributed by atoms with E-state index in [1.54, 1.807) is 13.1 Å². The molecule has 94 valence electrons. The second-order valence-electron chi connectivity index (χ2n) is 4.24. The van der Waals surface area contributed by atoms with Crippen LogP contribution < -0.4 is 0 Å². The van der Waals surface area contributed by atoms with Crippen LogP contribution in [0.2, 0.25) is 0 Å². The number of hydrogen-bond acceptors (Lipinski definition) is 3. The lowest BCUT2D eigenvalue weighted by atomic mass is 9.94. The molecule has 0 saturated heterocycles. The van der Waals surface area contributed by atoms with Crippen LogP contribution in [0.25, 0.3) is 0 Å². The van der Waals surface area contributed by atoms with E-state index in [2.05, 4.69) is 4.98 Å². The van der Waals surface area contributed by atoms with Crippen molar-refractivity contribution in [3.63, 3.8) is 0 Å². The number of halogens is 1. The normalized spacial score (nSPS) is 17.1. The first-order chi connectivity index (χ1) is 8.05. The second kappa shape index (κ2) is 4.92. The molecule has 0 unspecified atom stereocenters. The fourth-order valence-corrected chi connectivity index (χ4v) is 3.22. The molecule has 0 aliphatic heterocycles. The summed E-state index contributed by atoms with van der Waals surface area (Å²) in [6.07, 6.45) is 4.49. The molecule has 6 heteroatoms. The Morgan fingerprint density at radius 3 is 2.59 bits per heavy atom. The van der Waals surface area contributed by atoms with Crippen molar-refractivity contribution in [3.05, 3.63) is 23.9 Å². The molecule has 0 bridgehead atoms. The number of hydrogen-bond donors (Lipinski definition) is 0. The van der Waals surface area contributed by atoms with Crippen molar-refractivity contribution in [3.8, 4) is 0 Å². The molecule has 1 aliphatic rings. The van der Waals surface area contributed by atoms with Gasteiger partial charge in [0.1, 0.15) is 0 Å². The summed E-state index contributed by atoms with van der Waals surface area (Å²) in [5.74, 6) is 0.339. The topological polar surface area (TPSA) is 50.3 Å². The van der Waals surface area contributed by atoms with Gasteiger partial charge < -0.3 is 0 Å². The summed E-state index contributed by atoms with van der Waals surface area (Å²) >= 11 is 5.64. The maximum Gasteiger partial charge on any atom is 0.260 e. The SMILES string of the molecule is CN(C1CCC1)S(=O)(=O)c1ccc(CCl)cn1. The van der Waals surface area contributed by atoms with Gasteiger partial charge in [-0.1, -0.05) is 12.5 Å². The van der Waals surface area contributed by atoms with E-state index in [1.165, 1.54) is 16.6 Å². The van der Waals surface area contributed by atoms with E-state index in [-0.39, 0.29) is 11.1 Å². The molecular weight excluding hydrogens is 260 g/mol. The highest BCUT2D eigenvalue weighted by atomic mass is 35.5. The minimum atomic E-state index is -3.44. The van der Waals surface area contributed by atoms with E-state index in [0.717, 1.165) is 24.8 Å². The average molecular weight is 275 g/mol. The van der Waals surface area contributed by atoms with E-state index < -0.39 is 10.0 Å². The monoisotopic (exact) mass is 274 g/mol. The van der Waals surface area contributed by atoms with Crippen molar-refractivity contribution in [1.29, 1.82) is 0 Å². The fraction of sp³-hybridized carbons (Fsp3) is 0.545. The second-order valence-corrected chi connectivity index (χ2v) is 6.46. The van der Waals surface area contributed by atoms with Gasteiger partial charge in [0.25, 0.3) is 10.0 Å². The highest BCUT2D eigenvalue weighted by Crippen LogP contribution is 2.27. The van der Waals surface area contributed by atoms with Crippen molar-refractivity contribution in [1.82, 2.24) is 9.29 Å². The van der Waals surface area contributed by atoms with Crippen LogP contribution in [-0.4, -0.2) is 30.8 Å². The van der Waals surface area contributed by atoms with E-state index in [4.69, 9.17) is 11.6 Å². The summed E-state index contributed by atoms with van der Waals surface area (Å²) in [6, 6.07) is 3.35. The number of sulfonamides is 1. The Morgan fingerprint density at radius 1 is 1.47 bits per heavy atom. The summed E-state index contributed by atoms with van der Waals surface area (Å²) in [7, 11) is -1.82. The predicted octanol–water partition coefficient (Wildman–Crippen LogP) is 1.99. The van der Waals surface area contributed by atoms with E-state index in [9.17, 15) is 8.42 Å². The first kappa shape index (κ1) is 12.8. The first-order valence-corrected chi connectivity index (χ1v) is 7.52. The summed E-state index contributed by atoms with van der Waals surface area (Å²) in [5, 5.41) is 0.0979.